The topological polar surface area (TPSA) is 29.5 Å². The average molecular weight is 338 g/mol. The molecule has 3 nitrogen and oxygen atoms in total. The smallest absolute Gasteiger partial charge is 0.232 e. The van der Waals surface area contributed by atoms with Crippen molar-refractivity contribution in [1.29, 1.82) is 0 Å². The molecule has 0 atom stereocenters. The van der Waals surface area contributed by atoms with Gasteiger partial charge in [0.05, 0.1) is 18.7 Å². The van der Waals surface area contributed by atoms with Crippen molar-refractivity contribution in [3.8, 4) is 5.75 Å². The number of rotatable bonds is 2. The molecule has 0 fully saturated rings. The van der Waals surface area contributed by atoms with Gasteiger partial charge < -0.3 is 9.64 Å². The first-order valence-corrected chi connectivity index (χ1v) is 7.66. The molecule has 0 aliphatic carbocycles. The van der Waals surface area contributed by atoms with Gasteiger partial charge in [0.25, 0.3) is 0 Å². The largest absolute Gasteiger partial charge is 0.490 e. The molecule has 19 heavy (non-hydrogen) atoms. The molecule has 1 amide bonds. The number of fused-ring (bicyclic) bond motifs is 1. The predicted molar refractivity (Wildman–Crippen MR) is 80.0 cm³/mol. The van der Waals surface area contributed by atoms with Gasteiger partial charge in [0.2, 0.25) is 5.91 Å². The van der Waals surface area contributed by atoms with Crippen LogP contribution in [-0.2, 0) is 11.2 Å². The Morgan fingerprint density at radius 2 is 2.32 bits per heavy atom. The van der Waals surface area contributed by atoms with Crippen LogP contribution < -0.4 is 9.64 Å². The summed E-state index contributed by atoms with van der Waals surface area (Å²) < 4.78 is 6.53. The highest BCUT2D eigenvalue weighted by Gasteiger charge is 2.24. The fraction of sp³-hybridized carbons (Fsp3) is 0.214. The number of hydrogen-bond acceptors (Lipinski definition) is 3. The van der Waals surface area contributed by atoms with E-state index in [0.717, 1.165) is 20.8 Å². The van der Waals surface area contributed by atoms with Crippen LogP contribution in [0.1, 0.15) is 4.88 Å². The van der Waals surface area contributed by atoms with Gasteiger partial charge in [-0.2, -0.15) is 0 Å². The van der Waals surface area contributed by atoms with Crippen LogP contribution in [0.15, 0.2) is 40.2 Å². The zero-order valence-corrected chi connectivity index (χ0v) is 12.5. The standard InChI is InChI=1S/C14H12BrNO2S/c15-10-3-4-13-12(8-10)16(5-6-18-13)14(17)9-11-2-1-7-19-11/h1-4,7-8H,5-6,9H2. The Morgan fingerprint density at radius 1 is 1.42 bits per heavy atom. The van der Waals surface area contributed by atoms with E-state index in [9.17, 15) is 4.79 Å². The molecule has 2 heterocycles. The number of nitrogens with zero attached hydrogens (tertiary/aromatic N) is 1. The lowest BCUT2D eigenvalue weighted by atomic mass is 10.2. The molecule has 0 unspecified atom stereocenters. The third kappa shape index (κ3) is 2.67. The van der Waals surface area contributed by atoms with Crippen LogP contribution in [-0.4, -0.2) is 19.1 Å². The zero-order chi connectivity index (χ0) is 13.2. The summed E-state index contributed by atoms with van der Waals surface area (Å²) in [6.07, 6.45) is 0.448. The monoisotopic (exact) mass is 337 g/mol. The molecule has 0 bridgehead atoms. The molecule has 1 aromatic carbocycles. The first-order chi connectivity index (χ1) is 9.24. The van der Waals surface area contributed by atoms with E-state index in [4.69, 9.17) is 4.74 Å². The molecule has 1 aliphatic heterocycles. The zero-order valence-electron chi connectivity index (χ0n) is 10.1. The average Bonchev–Trinajstić information content (AvgIpc) is 2.90. The van der Waals surface area contributed by atoms with E-state index < -0.39 is 0 Å². The Bertz CT molecular complexity index is 597. The summed E-state index contributed by atoms with van der Waals surface area (Å²) in [4.78, 5) is 15.3. The number of carbonyl (C=O) groups is 1. The van der Waals surface area contributed by atoms with Crippen molar-refractivity contribution in [3.63, 3.8) is 0 Å². The second-order valence-electron chi connectivity index (χ2n) is 4.26. The van der Waals surface area contributed by atoms with Crippen molar-refractivity contribution in [2.75, 3.05) is 18.1 Å². The summed E-state index contributed by atoms with van der Waals surface area (Å²) >= 11 is 5.05. The van der Waals surface area contributed by atoms with Crippen LogP contribution in [0.5, 0.6) is 5.75 Å². The maximum absolute atomic E-state index is 12.4. The third-order valence-electron chi connectivity index (χ3n) is 2.99. The fourth-order valence-electron chi connectivity index (χ4n) is 2.11. The Hall–Kier alpha value is -1.33. The first-order valence-electron chi connectivity index (χ1n) is 5.99. The molecular formula is C14H12BrNO2S. The lowest BCUT2D eigenvalue weighted by Crippen LogP contribution is -2.38. The highest BCUT2D eigenvalue weighted by atomic mass is 79.9. The molecule has 1 aromatic heterocycles. The molecule has 98 valence electrons. The number of hydrogen-bond donors (Lipinski definition) is 0. The van der Waals surface area contributed by atoms with Gasteiger partial charge in [-0.3, -0.25) is 4.79 Å². The number of halogens is 1. The molecule has 0 spiro atoms. The Morgan fingerprint density at radius 3 is 3.11 bits per heavy atom. The minimum Gasteiger partial charge on any atom is -0.490 e. The SMILES string of the molecule is O=C(Cc1cccs1)N1CCOc2ccc(Br)cc21. The minimum absolute atomic E-state index is 0.116. The summed E-state index contributed by atoms with van der Waals surface area (Å²) in [6, 6.07) is 9.71. The Kier molecular flexibility index (Phi) is 3.57. The summed E-state index contributed by atoms with van der Waals surface area (Å²) in [5.74, 6) is 0.888. The highest BCUT2D eigenvalue weighted by Crippen LogP contribution is 2.34. The van der Waals surface area contributed by atoms with E-state index >= 15 is 0 Å². The maximum atomic E-state index is 12.4. The van der Waals surface area contributed by atoms with Gasteiger partial charge in [-0.05, 0) is 29.6 Å². The second kappa shape index (κ2) is 5.35. The maximum Gasteiger partial charge on any atom is 0.232 e. The van der Waals surface area contributed by atoms with Gasteiger partial charge in [-0.25, -0.2) is 0 Å². The number of thiophene rings is 1. The van der Waals surface area contributed by atoms with E-state index in [1.807, 2.05) is 40.6 Å². The first kappa shape index (κ1) is 12.7. The molecular weight excluding hydrogens is 326 g/mol. The molecule has 0 saturated heterocycles. The summed E-state index contributed by atoms with van der Waals surface area (Å²) in [7, 11) is 0. The van der Waals surface area contributed by atoms with E-state index in [1.165, 1.54) is 0 Å². The van der Waals surface area contributed by atoms with Gasteiger partial charge in [-0.15, -0.1) is 11.3 Å². The number of anilines is 1. The Labute approximate surface area is 123 Å². The number of ether oxygens (including phenoxy) is 1. The lowest BCUT2D eigenvalue weighted by Gasteiger charge is -2.29. The van der Waals surface area contributed by atoms with Gasteiger partial charge in [0.15, 0.2) is 0 Å². The number of benzene rings is 1. The van der Waals surface area contributed by atoms with Crippen molar-refractivity contribution in [1.82, 2.24) is 0 Å². The van der Waals surface area contributed by atoms with Crippen molar-refractivity contribution >= 4 is 38.9 Å². The fourth-order valence-corrected chi connectivity index (χ4v) is 3.15. The molecule has 1 aliphatic rings. The van der Waals surface area contributed by atoms with E-state index in [0.29, 0.717) is 19.6 Å². The van der Waals surface area contributed by atoms with Gasteiger partial charge >= 0.3 is 0 Å². The van der Waals surface area contributed by atoms with E-state index in [2.05, 4.69) is 15.9 Å². The second-order valence-corrected chi connectivity index (χ2v) is 6.21. The van der Waals surface area contributed by atoms with Crippen LogP contribution >= 0.6 is 27.3 Å². The summed E-state index contributed by atoms with van der Waals surface area (Å²) in [6.45, 7) is 1.15. The van der Waals surface area contributed by atoms with Gasteiger partial charge in [-0.1, -0.05) is 22.0 Å². The van der Waals surface area contributed by atoms with Gasteiger partial charge in [0, 0.05) is 9.35 Å². The number of carbonyl (C=O) groups excluding carboxylic acids is 1. The number of amides is 1. The van der Waals surface area contributed by atoms with E-state index in [1.54, 1.807) is 11.3 Å². The molecule has 0 radical (unpaired) electrons. The van der Waals surface area contributed by atoms with Crippen molar-refractivity contribution in [3.05, 3.63) is 45.1 Å². The van der Waals surface area contributed by atoms with E-state index in [-0.39, 0.29) is 5.91 Å². The molecule has 5 heteroatoms. The van der Waals surface area contributed by atoms with Crippen LogP contribution in [0, 0.1) is 0 Å². The summed E-state index contributed by atoms with van der Waals surface area (Å²) in [5, 5.41) is 1.99. The molecule has 0 N–H and O–H groups in total. The third-order valence-corrected chi connectivity index (χ3v) is 4.36. The quantitative estimate of drug-likeness (QED) is 0.839. The normalized spacial score (nSPS) is 13.8. The van der Waals surface area contributed by atoms with Crippen molar-refractivity contribution < 1.29 is 9.53 Å². The highest BCUT2D eigenvalue weighted by molar-refractivity contribution is 9.10. The van der Waals surface area contributed by atoms with Crippen molar-refractivity contribution in [2.45, 2.75) is 6.42 Å². The molecule has 2 aromatic rings. The lowest BCUT2D eigenvalue weighted by molar-refractivity contribution is -0.118. The van der Waals surface area contributed by atoms with Crippen LogP contribution in [0.4, 0.5) is 5.69 Å². The molecule has 0 saturated carbocycles. The van der Waals surface area contributed by atoms with Crippen LogP contribution in [0.2, 0.25) is 0 Å². The van der Waals surface area contributed by atoms with Crippen LogP contribution in [0.25, 0.3) is 0 Å². The van der Waals surface area contributed by atoms with Crippen LogP contribution in [0.3, 0.4) is 0 Å². The van der Waals surface area contributed by atoms with Gasteiger partial charge in [0.1, 0.15) is 12.4 Å². The van der Waals surface area contributed by atoms with Crippen molar-refractivity contribution in [2.24, 2.45) is 0 Å². The molecule has 3 rings (SSSR count). The minimum atomic E-state index is 0.116. The summed E-state index contributed by atoms with van der Waals surface area (Å²) in [5.41, 5.74) is 0.849. The predicted octanol–water partition coefficient (Wildman–Crippen LogP) is 3.48. The Balaban J connectivity index is 1.86.